The van der Waals surface area contributed by atoms with Gasteiger partial charge in [-0.1, -0.05) is 121 Å². The van der Waals surface area contributed by atoms with E-state index >= 15 is 0 Å². The third kappa shape index (κ3) is 3.95. The second-order valence-electron chi connectivity index (χ2n) is 10.8. The van der Waals surface area contributed by atoms with E-state index in [1.807, 2.05) is 11.3 Å². The van der Waals surface area contributed by atoms with E-state index < -0.39 is 0 Å². The summed E-state index contributed by atoms with van der Waals surface area (Å²) in [5.74, 6) is 0. The van der Waals surface area contributed by atoms with Crippen LogP contribution in [0.15, 0.2) is 146 Å². The number of thiophene rings is 1. The molecule has 4 heteroatoms. The molecule has 9 rings (SSSR count). The number of hydrogen-bond acceptors (Lipinski definition) is 4. The maximum Gasteiger partial charge on any atom is 0.195 e. The van der Waals surface area contributed by atoms with Crippen molar-refractivity contribution in [2.75, 3.05) is 4.90 Å². The maximum atomic E-state index is 5.31. The van der Waals surface area contributed by atoms with Gasteiger partial charge in [-0.25, -0.2) is 4.98 Å². The molecule has 0 saturated heterocycles. The van der Waals surface area contributed by atoms with Crippen LogP contribution in [-0.2, 0) is 0 Å². The zero-order valence-corrected chi connectivity index (χ0v) is 24.7. The highest BCUT2D eigenvalue weighted by atomic mass is 32.1. The molecule has 0 bridgehead atoms. The highest BCUT2D eigenvalue weighted by Gasteiger charge is 2.22. The number of benzene rings is 7. The SMILES string of the molecule is c1ccc(-c2ccccc2N(c2ccc3sc4ccccc4c3c2)c2nc3ccc4c5ccccc5ccc4c3s2)cc1. The Labute approximate surface area is 256 Å². The highest BCUT2D eigenvalue weighted by molar-refractivity contribution is 7.25. The average Bonchev–Trinajstić information content (AvgIpc) is 3.67. The fourth-order valence-electron chi connectivity index (χ4n) is 6.29. The summed E-state index contributed by atoms with van der Waals surface area (Å²) in [5, 5.41) is 8.57. The van der Waals surface area contributed by atoms with Crippen molar-refractivity contribution in [3.8, 4) is 11.1 Å². The molecule has 0 aliphatic rings. The second-order valence-corrected chi connectivity index (χ2v) is 12.9. The van der Waals surface area contributed by atoms with E-state index in [0.717, 1.165) is 22.0 Å². The normalized spacial score (nSPS) is 11.7. The van der Waals surface area contributed by atoms with Crippen molar-refractivity contribution in [2.45, 2.75) is 0 Å². The quantitative estimate of drug-likeness (QED) is 0.191. The first kappa shape index (κ1) is 24.6. The van der Waals surface area contributed by atoms with Crippen molar-refractivity contribution in [1.82, 2.24) is 4.98 Å². The zero-order valence-electron chi connectivity index (χ0n) is 23.1. The van der Waals surface area contributed by atoms with Gasteiger partial charge in [0.15, 0.2) is 5.13 Å². The van der Waals surface area contributed by atoms with Crippen molar-refractivity contribution in [1.29, 1.82) is 0 Å². The molecular formula is C39H24N2S2. The van der Waals surface area contributed by atoms with E-state index in [2.05, 4.69) is 150 Å². The van der Waals surface area contributed by atoms with Gasteiger partial charge in [0.2, 0.25) is 0 Å². The molecule has 9 aromatic rings. The van der Waals surface area contributed by atoms with Crippen LogP contribution in [0.25, 0.3) is 63.1 Å². The van der Waals surface area contributed by atoms with Crippen molar-refractivity contribution in [3.05, 3.63) is 146 Å². The average molecular weight is 585 g/mol. The van der Waals surface area contributed by atoms with Crippen LogP contribution in [0.3, 0.4) is 0 Å². The Bertz CT molecular complexity index is 2470. The van der Waals surface area contributed by atoms with E-state index in [0.29, 0.717) is 0 Å². The summed E-state index contributed by atoms with van der Waals surface area (Å²) in [4.78, 5) is 7.66. The van der Waals surface area contributed by atoms with Crippen LogP contribution >= 0.6 is 22.7 Å². The van der Waals surface area contributed by atoms with Crippen molar-refractivity contribution in [2.24, 2.45) is 0 Å². The number of para-hydroxylation sites is 1. The van der Waals surface area contributed by atoms with Gasteiger partial charge in [0.05, 0.1) is 15.9 Å². The smallest absolute Gasteiger partial charge is 0.195 e. The van der Waals surface area contributed by atoms with Gasteiger partial charge in [-0.05, 0) is 58.1 Å². The van der Waals surface area contributed by atoms with E-state index in [9.17, 15) is 0 Å². The molecule has 0 fully saturated rings. The summed E-state index contributed by atoms with van der Waals surface area (Å²) in [5.41, 5.74) is 5.60. The minimum Gasteiger partial charge on any atom is -0.286 e. The van der Waals surface area contributed by atoms with Gasteiger partial charge in [-0.15, -0.1) is 11.3 Å². The molecular weight excluding hydrogens is 561 g/mol. The number of rotatable bonds is 4. The molecule has 2 heterocycles. The topological polar surface area (TPSA) is 16.1 Å². The minimum atomic E-state index is 0.956. The number of aromatic nitrogens is 1. The van der Waals surface area contributed by atoms with Gasteiger partial charge < -0.3 is 0 Å². The van der Waals surface area contributed by atoms with Crippen LogP contribution in [0.5, 0.6) is 0 Å². The summed E-state index contributed by atoms with van der Waals surface area (Å²) in [6, 6.07) is 52.4. The fourth-order valence-corrected chi connectivity index (χ4v) is 8.51. The van der Waals surface area contributed by atoms with E-state index in [-0.39, 0.29) is 0 Å². The number of hydrogen-bond donors (Lipinski definition) is 0. The first-order chi connectivity index (χ1) is 21.3. The summed E-state index contributed by atoms with van der Waals surface area (Å²) >= 11 is 3.61. The summed E-state index contributed by atoms with van der Waals surface area (Å²) < 4.78 is 3.82. The lowest BCUT2D eigenvalue weighted by Gasteiger charge is -2.25. The van der Waals surface area contributed by atoms with E-state index in [1.165, 1.54) is 57.5 Å². The van der Waals surface area contributed by atoms with Crippen molar-refractivity contribution in [3.63, 3.8) is 0 Å². The molecule has 0 atom stereocenters. The third-order valence-electron chi connectivity index (χ3n) is 8.30. The molecule has 2 nitrogen and oxygen atoms in total. The molecule has 7 aromatic carbocycles. The lowest BCUT2D eigenvalue weighted by atomic mass is 10.0. The molecule has 202 valence electrons. The summed E-state index contributed by atoms with van der Waals surface area (Å²) in [6.07, 6.45) is 0. The zero-order chi connectivity index (χ0) is 28.3. The predicted molar refractivity (Wildman–Crippen MR) is 188 cm³/mol. The Morgan fingerprint density at radius 2 is 1.23 bits per heavy atom. The number of nitrogens with zero attached hydrogens (tertiary/aromatic N) is 2. The summed E-state index contributed by atoms with van der Waals surface area (Å²) in [6.45, 7) is 0. The first-order valence-electron chi connectivity index (χ1n) is 14.4. The predicted octanol–water partition coefficient (Wildman–Crippen LogP) is 12.1. The molecule has 0 aliphatic heterocycles. The number of fused-ring (bicyclic) bond motifs is 8. The lowest BCUT2D eigenvalue weighted by Crippen LogP contribution is -2.10. The molecule has 0 aliphatic carbocycles. The standard InChI is InChI=1S/C39H24N2S2/c1-2-10-25(11-3-1)29-14-6-8-16-35(29)41(27-19-23-37-33(24-27)31-15-7-9-17-36(31)42-37)39-40-34-22-21-30-28-13-5-4-12-26(28)18-20-32(30)38(34)43-39/h1-24H. The maximum absolute atomic E-state index is 5.31. The Morgan fingerprint density at radius 1 is 0.488 bits per heavy atom. The van der Waals surface area contributed by atoms with Crippen LogP contribution < -0.4 is 4.90 Å². The Hall–Kier alpha value is -5.03. The lowest BCUT2D eigenvalue weighted by molar-refractivity contribution is 1.26. The van der Waals surface area contributed by atoms with Crippen molar-refractivity contribution < 1.29 is 0 Å². The first-order valence-corrected chi connectivity index (χ1v) is 16.0. The number of thiazole rings is 1. The highest BCUT2D eigenvalue weighted by Crippen LogP contribution is 2.46. The molecule has 0 unspecified atom stereocenters. The van der Waals surface area contributed by atoms with Crippen LogP contribution in [0, 0.1) is 0 Å². The monoisotopic (exact) mass is 584 g/mol. The van der Waals surface area contributed by atoms with Crippen LogP contribution in [0.2, 0.25) is 0 Å². The molecule has 0 radical (unpaired) electrons. The van der Waals surface area contributed by atoms with E-state index in [4.69, 9.17) is 4.98 Å². The van der Waals surface area contributed by atoms with Crippen molar-refractivity contribution >= 4 is 91.1 Å². The summed E-state index contributed by atoms with van der Waals surface area (Å²) in [7, 11) is 0. The fraction of sp³-hybridized carbons (Fsp3) is 0. The minimum absolute atomic E-state index is 0.956. The van der Waals surface area contributed by atoms with Crippen LogP contribution in [0.4, 0.5) is 16.5 Å². The molecule has 0 amide bonds. The van der Waals surface area contributed by atoms with Crippen LogP contribution in [0.1, 0.15) is 0 Å². The molecule has 0 N–H and O–H groups in total. The van der Waals surface area contributed by atoms with Gasteiger partial charge in [0.25, 0.3) is 0 Å². The Balaban J connectivity index is 1.32. The molecule has 0 saturated carbocycles. The van der Waals surface area contributed by atoms with Gasteiger partial charge in [0.1, 0.15) is 0 Å². The molecule has 0 spiro atoms. The molecule has 2 aromatic heterocycles. The number of anilines is 3. The van der Waals surface area contributed by atoms with Gasteiger partial charge in [-0.2, -0.15) is 0 Å². The second kappa shape index (κ2) is 9.77. The van der Waals surface area contributed by atoms with Gasteiger partial charge in [-0.3, -0.25) is 4.90 Å². The molecule has 43 heavy (non-hydrogen) atoms. The Morgan fingerprint density at radius 3 is 2.16 bits per heavy atom. The van der Waals surface area contributed by atoms with E-state index in [1.54, 1.807) is 11.3 Å². The Kier molecular flexibility index (Phi) is 5.58. The third-order valence-corrected chi connectivity index (χ3v) is 10.5. The largest absolute Gasteiger partial charge is 0.286 e. The van der Waals surface area contributed by atoms with Crippen LogP contribution in [-0.4, -0.2) is 4.98 Å². The van der Waals surface area contributed by atoms with Gasteiger partial charge in [0, 0.05) is 36.8 Å². The van der Waals surface area contributed by atoms with Gasteiger partial charge >= 0.3 is 0 Å².